The number of carbonyl (C=O) groups excluding carboxylic acids is 1. The molecule has 4 nitrogen and oxygen atoms in total. The van der Waals surface area contributed by atoms with E-state index < -0.39 is 0 Å². The van der Waals surface area contributed by atoms with Gasteiger partial charge in [-0.05, 0) is 31.7 Å². The number of piperidine rings is 1. The Kier molecular flexibility index (Phi) is 5.35. The van der Waals surface area contributed by atoms with Crippen LogP contribution in [0, 0.1) is 17.8 Å². The van der Waals surface area contributed by atoms with Crippen LogP contribution in [-0.4, -0.2) is 40.1 Å². The molecule has 21 heavy (non-hydrogen) atoms. The minimum absolute atomic E-state index is 0.0250. The number of aromatic nitrogens is 1. The van der Waals surface area contributed by atoms with Crippen LogP contribution >= 0.6 is 0 Å². The van der Waals surface area contributed by atoms with Crippen molar-refractivity contribution in [2.24, 2.45) is 5.92 Å². The average Bonchev–Trinajstić information content (AvgIpc) is 2.50. The van der Waals surface area contributed by atoms with Crippen LogP contribution in [0.4, 0.5) is 0 Å². The molecule has 4 heteroatoms. The van der Waals surface area contributed by atoms with Crippen molar-refractivity contribution in [1.29, 1.82) is 0 Å². The first-order chi connectivity index (χ1) is 10.1. The smallest absolute Gasteiger partial charge is 0.255 e. The summed E-state index contributed by atoms with van der Waals surface area (Å²) in [5, 5.41) is 8.80. The number of aliphatic hydroxyl groups excluding tert-OH is 1. The zero-order valence-electron chi connectivity index (χ0n) is 12.7. The Labute approximate surface area is 126 Å². The molecule has 0 saturated carbocycles. The minimum atomic E-state index is 0.0250. The van der Waals surface area contributed by atoms with Crippen LogP contribution in [-0.2, 0) is 0 Å². The van der Waals surface area contributed by atoms with Gasteiger partial charge in [0.1, 0.15) is 0 Å². The topological polar surface area (TPSA) is 53.4 Å². The second kappa shape index (κ2) is 7.24. The Morgan fingerprint density at radius 1 is 1.48 bits per heavy atom. The first-order valence-electron chi connectivity index (χ1n) is 7.48. The molecule has 1 N–H and O–H groups in total. The summed E-state index contributed by atoms with van der Waals surface area (Å²) in [6, 6.07) is 2.00. The monoisotopic (exact) mass is 286 g/mol. The molecule has 1 aromatic heterocycles. The van der Waals surface area contributed by atoms with Gasteiger partial charge in [-0.1, -0.05) is 18.8 Å². The molecule has 1 aromatic rings. The third kappa shape index (κ3) is 3.83. The van der Waals surface area contributed by atoms with Gasteiger partial charge >= 0.3 is 0 Å². The van der Waals surface area contributed by atoms with Gasteiger partial charge in [-0.15, -0.1) is 0 Å². The number of amides is 1. The lowest BCUT2D eigenvalue weighted by Crippen LogP contribution is -2.45. The summed E-state index contributed by atoms with van der Waals surface area (Å²) in [6.07, 6.45) is 5.87. The highest BCUT2D eigenvalue weighted by Gasteiger charge is 2.28. The number of rotatable bonds is 2. The molecular weight excluding hydrogens is 264 g/mol. The third-order valence-corrected chi connectivity index (χ3v) is 3.89. The van der Waals surface area contributed by atoms with E-state index in [0.29, 0.717) is 23.5 Å². The van der Waals surface area contributed by atoms with E-state index >= 15 is 0 Å². The molecule has 2 heterocycles. The quantitative estimate of drug-likeness (QED) is 0.847. The number of pyridine rings is 1. The Balaban J connectivity index is 2.25. The molecule has 0 spiro atoms. The number of hydrogen-bond donors (Lipinski definition) is 1. The van der Waals surface area contributed by atoms with Crippen molar-refractivity contribution < 1.29 is 9.90 Å². The van der Waals surface area contributed by atoms with Gasteiger partial charge in [0.15, 0.2) is 0 Å². The fraction of sp³-hybridized carbons (Fsp3) is 0.529. The molecule has 1 saturated heterocycles. The van der Waals surface area contributed by atoms with Crippen LogP contribution < -0.4 is 0 Å². The van der Waals surface area contributed by atoms with E-state index in [1.165, 1.54) is 6.42 Å². The molecular formula is C17H22N2O2. The van der Waals surface area contributed by atoms with Gasteiger partial charge in [0.25, 0.3) is 5.91 Å². The maximum Gasteiger partial charge on any atom is 0.255 e. The van der Waals surface area contributed by atoms with Crippen LogP contribution in [0.1, 0.15) is 49.0 Å². The van der Waals surface area contributed by atoms with E-state index in [-0.39, 0.29) is 18.6 Å². The number of hydrogen-bond acceptors (Lipinski definition) is 3. The summed E-state index contributed by atoms with van der Waals surface area (Å²) in [6.45, 7) is 5.10. The van der Waals surface area contributed by atoms with E-state index in [0.717, 1.165) is 13.0 Å². The lowest BCUT2D eigenvalue weighted by Gasteiger charge is -2.37. The van der Waals surface area contributed by atoms with Gasteiger partial charge in [0.2, 0.25) is 0 Å². The van der Waals surface area contributed by atoms with Gasteiger partial charge in [0, 0.05) is 31.4 Å². The van der Waals surface area contributed by atoms with E-state index in [2.05, 4.69) is 30.7 Å². The molecule has 0 radical (unpaired) electrons. The van der Waals surface area contributed by atoms with E-state index in [1.54, 1.807) is 18.5 Å². The number of aliphatic hydroxyl groups is 1. The maximum atomic E-state index is 12.8. The SMILES string of the molecule is CC1CCC(C)N(C(=O)c2ccncc2C#CCCO)C1. The average molecular weight is 286 g/mol. The molecule has 1 amide bonds. The van der Waals surface area contributed by atoms with Crippen LogP contribution in [0.25, 0.3) is 0 Å². The molecule has 2 atom stereocenters. The van der Waals surface area contributed by atoms with Gasteiger partial charge in [-0.2, -0.15) is 0 Å². The predicted molar refractivity (Wildman–Crippen MR) is 81.7 cm³/mol. The Morgan fingerprint density at radius 3 is 3.05 bits per heavy atom. The summed E-state index contributed by atoms with van der Waals surface area (Å²) < 4.78 is 0. The predicted octanol–water partition coefficient (Wildman–Crippen LogP) is 2.08. The van der Waals surface area contributed by atoms with Gasteiger partial charge in [0.05, 0.1) is 17.7 Å². The molecule has 2 unspecified atom stereocenters. The van der Waals surface area contributed by atoms with Crippen LogP contribution in [0.2, 0.25) is 0 Å². The molecule has 1 aliphatic heterocycles. The molecule has 0 bridgehead atoms. The fourth-order valence-corrected chi connectivity index (χ4v) is 2.62. The Bertz CT molecular complexity index is 559. The van der Waals surface area contributed by atoms with E-state index in [1.807, 2.05) is 4.90 Å². The molecule has 0 aromatic carbocycles. The zero-order chi connectivity index (χ0) is 15.2. The van der Waals surface area contributed by atoms with E-state index in [4.69, 9.17) is 5.11 Å². The largest absolute Gasteiger partial charge is 0.395 e. The van der Waals surface area contributed by atoms with Crippen molar-refractivity contribution in [3.63, 3.8) is 0 Å². The van der Waals surface area contributed by atoms with Crippen LogP contribution in [0.15, 0.2) is 18.5 Å². The summed E-state index contributed by atoms with van der Waals surface area (Å²) in [7, 11) is 0. The molecule has 1 fully saturated rings. The van der Waals surface area contributed by atoms with Crippen molar-refractivity contribution in [2.45, 2.75) is 39.2 Å². The van der Waals surface area contributed by atoms with Gasteiger partial charge < -0.3 is 10.0 Å². The summed E-state index contributed by atoms with van der Waals surface area (Å²) >= 11 is 0. The number of likely N-dealkylation sites (tertiary alicyclic amines) is 1. The molecule has 0 aliphatic carbocycles. The van der Waals surface area contributed by atoms with Crippen molar-refractivity contribution in [2.75, 3.05) is 13.2 Å². The highest BCUT2D eigenvalue weighted by molar-refractivity contribution is 5.96. The second-order valence-electron chi connectivity index (χ2n) is 5.69. The van der Waals surface area contributed by atoms with Crippen molar-refractivity contribution in [3.8, 4) is 11.8 Å². The van der Waals surface area contributed by atoms with Crippen molar-refractivity contribution in [1.82, 2.24) is 9.88 Å². The fourth-order valence-electron chi connectivity index (χ4n) is 2.62. The lowest BCUT2D eigenvalue weighted by atomic mass is 9.94. The van der Waals surface area contributed by atoms with Crippen LogP contribution in [0.3, 0.4) is 0 Å². The van der Waals surface area contributed by atoms with Crippen molar-refractivity contribution in [3.05, 3.63) is 29.6 Å². The highest BCUT2D eigenvalue weighted by Crippen LogP contribution is 2.23. The Hall–Kier alpha value is -1.86. The highest BCUT2D eigenvalue weighted by atomic mass is 16.2. The maximum absolute atomic E-state index is 12.8. The van der Waals surface area contributed by atoms with Gasteiger partial charge in [-0.3, -0.25) is 9.78 Å². The summed E-state index contributed by atoms with van der Waals surface area (Å²) in [5.41, 5.74) is 1.25. The minimum Gasteiger partial charge on any atom is -0.395 e. The summed E-state index contributed by atoms with van der Waals surface area (Å²) in [5.74, 6) is 6.37. The standard InChI is InChI=1S/C17H22N2O2/c1-13-6-7-14(2)19(12-13)17(21)16-8-9-18-11-15(16)5-3-4-10-20/h8-9,11,13-14,20H,4,6-7,10,12H2,1-2H3. The van der Waals surface area contributed by atoms with Crippen LogP contribution in [0.5, 0.6) is 0 Å². The van der Waals surface area contributed by atoms with Gasteiger partial charge in [-0.25, -0.2) is 0 Å². The normalized spacial score (nSPS) is 21.6. The summed E-state index contributed by atoms with van der Waals surface area (Å²) in [4.78, 5) is 18.8. The molecule has 112 valence electrons. The first-order valence-corrected chi connectivity index (χ1v) is 7.48. The molecule has 2 rings (SSSR count). The Morgan fingerprint density at radius 2 is 2.29 bits per heavy atom. The first kappa shape index (κ1) is 15.5. The van der Waals surface area contributed by atoms with E-state index in [9.17, 15) is 4.79 Å². The number of nitrogens with zero attached hydrogens (tertiary/aromatic N) is 2. The lowest BCUT2D eigenvalue weighted by molar-refractivity contribution is 0.0573. The van der Waals surface area contributed by atoms with Crippen molar-refractivity contribution >= 4 is 5.91 Å². The third-order valence-electron chi connectivity index (χ3n) is 3.89. The second-order valence-corrected chi connectivity index (χ2v) is 5.69. The molecule has 1 aliphatic rings. The zero-order valence-corrected chi connectivity index (χ0v) is 12.7. The number of carbonyl (C=O) groups is 1.